The number of aromatic nitrogens is 6. The van der Waals surface area contributed by atoms with Crippen molar-refractivity contribution >= 4 is 23.3 Å². The number of nitriles is 2. The number of nitrogens with one attached hydrogen (secondary N) is 2. The molecule has 0 aliphatic carbocycles. The Hall–Kier alpha value is -6.72. The van der Waals surface area contributed by atoms with Gasteiger partial charge in [-0.15, -0.1) is 0 Å². The predicted octanol–water partition coefficient (Wildman–Crippen LogP) is 5.99. The number of hydrogen-bond acceptors (Lipinski definition) is 12. The van der Waals surface area contributed by atoms with E-state index >= 15 is 0 Å². The van der Waals surface area contributed by atoms with Crippen molar-refractivity contribution in [1.82, 2.24) is 30.1 Å². The van der Waals surface area contributed by atoms with Crippen LogP contribution < -0.4 is 15.0 Å². The highest BCUT2D eigenvalue weighted by Crippen LogP contribution is 2.34. The van der Waals surface area contributed by atoms with Crippen LogP contribution in [-0.4, -0.2) is 73.7 Å². The van der Waals surface area contributed by atoms with Gasteiger partial charge in [-0.05, 0) is 87.2 Å². The first-order valence-corrected chi connectivity index (χ1v) is 17.5. The number of amides is 1. The fraction of sp³-hybridized carbons (Fsp3) is 0.308. The van der Waals surface area contributed by atoms with Crippen molar-refractivity contribution in [3.63, 3.8) is 0 Å². The lowest BCUT2D eigenvalue weighted by atomic mass is 9.93. The second-order valence-electron chi connectivity index (χ2n) is 13.1. The van der Waals surface area contributed by atoms with Gasteiger partial charge in [0.05, 0.1) is 47.3 Å². The zero-order valence-electron chi connectivity index (χ0n) is 30.4. The van der Waals surface area contributed by atoms with E-state index < -0.39 is 35.1 Å². The summed E-state index contributed by atoms with van der Waals surface area (Å²) < 4.78 is 52.9. The Balaban J connectivity index is 1.10. The number of benzene rings is 2. The molecule has 0 radical (unpaired) electrons. The quantitative estimate of drug-likeness (QED) is 0.118. The summed E-state index contributed by atoms with van der Waals surface area (Å²) in [7, 11) is 0. The summed E-state index contributed by atoms with van der Waals surface area (Å²) in [5.74, 6) is 1.06. The molecule has 56 heavy (non-hydrogen) atoms. The van der Waals surface area contributed by atoms with E-state index in [1.165, 1.54) is 19.3 Å². The zero-order valence-corrected chi connectivity index (χ0v) is 30.4. The van der Waals surface area contributed by atoms with Crippen LogP contribution in [0.4, 0.5) is 24.8 Å². The molecule has 0 saturated carbocycles. The minimum Gasteiger partial charge on any atom is -0.490 e. The molecule has 286 valence electrons. The van der Waals surface area contributed by atoms with Crippen molar-refractivity contribution in [1.29, 1.82) is 10.5 Å². The summed E-state index contributed by atoms with van der Waals surface area (Å²) in [5, 5.41) is 28.0. The zero-order chi connectivity index (χ0) is 39.9. The molecule has 14 nitrogen and oxygen atoms in total. The van der Waals surface area contributed by atoms with Crippen LogP contribution in [0.1, 0.15) is 54.1 Å². The van der Waals surface area contributed by atoms with Crippen molar-refractivity contribution in [2.24, 2.45) is 0 Å². The number of unbranched alkanes of at least 4 members (excludes halogenated alkanes) is 2. The Morgan fingerprint density at radius 2 is 1.79 bits per heavy atom. The van der Waals surface area contributed by atoms with Crippen molar-refractivity contribution in [2.75, 3.05) is 36.5 Å². The monoisotopic (exact) mass is 764 g/mol. The van der Waals surface area contributed by atoms with E-state index in [0.717, 1.165) is 17.7 Å². The Bertz CT molecular complexity index is 2300. The first kappa shape index (κ1) is 39.0. The molecule has 1 aliphatic heterocycles. The standard InChI is InChI=1S/C39H35F3N10O4/c1-24-29(12-13-31(49-24)35-47-23-48-51-35)32-20-45-36-37(50-32)52(34(54)21-46-36)14-4-3-5-15-56-38(2,22-55-28-10-7-25(18-43)8-11-28)33(53)17-26-6-9-27(19-44)30(16-26)39(40,41)42/h6-13,16,20,23H,3-5,14-15,17,21-22H2,1-2H3,(H,45,46)(H,47,48,51)/t38-/m0/s1. The van der Waals surface area contributed by atoms with E-state index in [0.29, 0.717) is 71.7 Å². The van der Waals surface area contributed by atoms with E-state index in [4.69, 9.17) is 19.7 Å². The lowest BCUT2D eigenvalue weighted by Gasteiger charge is -2.29. The second-order valence-corrected chi connectivity index (χ2v) is 13.1. The molecule has 0 unspecified atom stereocenters. The van der Waals surface area contributed by atoms with E-state index in [-0.39, 0.29) is 31.2 Å². The van der Waals surface area contributed by atoms with Gasteiger partial charge in [0.1, 0.15) is 24.4 Å². The van der Waals surface area contributed by atoms with Gasteiger partial charge in [-0.25, -0.2) is 19.9 Å². The maximum atomic E-state index is 13.7. The number of alkyl halides is 3. The summed E-state index contributed by atoms with van der Waals surface area (Å²) >= 11 is 0. The third-order valence-electron chi connectivity index (χ3n) is 9.15. The Morgan fingerprint density at radius 1 is 0.982 bits per heavy atom. The number of halogens is 3. The number of aromatic amines is 1. The summed E-state index contributed by atoms with van der Waals surface area (Å²) in [6.45, 7) is 3.59. The fourth-order valence-electron chi connectivity index (χ4n) is 6.02. The van der Waals surface area contributed by atoms with Gasteiger partial charge in [-0.3, -0.25) is 19.6 Å². The van der Waals surface area contributed by atoms with Gasteiger partial charge in [0.15, 0.2) is 28.8 Å². The van der Waals surface area contributed by atoms with Gasteiger partial charge in [-0.1, -0.05) is 6.07 Å². The number of H-pyrrole nitrogens is 1. The van der Waals surface area contributed by atoms with Gasteiger partial charge in [0.2, 0.25) is 5.91 Å². The molecule has 1 amide bonds. The van der Waals surface area contributed by atoms with E-state index in [1.54, 1.807) is 47.5 Å². The van der Waals surface area contributed by atoms with Gasteiger partial charge >= 0.3 is 6.18 Å². The van der Waals surface area contributed by atoms with Crippen LogP contribution in [0.3, 0.4) is 0 Å². The maximum Gasteiger partial charge on any atom is 0.417 e. The lowest BCUT2D eigenvalue weighted by Crippen LogP contribution is -2.45. The molecule has 6 rings (SSSR count). The average Bonchev–Trinajstić information content (AvgIpc) is 3.74. The number of carbonyl (C=O) groups excluding carboxylic acids is 2. The van der Waals surface area contributed by atoms with Crippen molar-refractivity contribution < 1.29 is 32.2 Å². The Labute approximate surface area is 319 Å². The number of aryl methyl sites for hydroxylation is 1. The van der Waals surface area contributed by atoms with E-state index in [1.807, 2.05) is 19.1 Å². The van der Waals surface area contributed by atoms with Crippen LogP contribution in [-0.2, 0) is 26.9 Å². The largest absolute Gasteiger partial charge is 0.490 e. The number of carbonyl (C=O) groups is 2. The molecule has 0 bridgehead atoms. The molecular weight excluding hydrogens is 729 g/mol. The number of Topliss-reactive ketones (excluding diaryl/α,β-unsaturated/α-hetero) is 1. The van der Waals surface area contributed by atoms with Crippen LogP contribution in [0.2, 0.25) is 0 Å². The number of rotatable bonds is 15. The number of nitrogens with zero attached hydrogens (tertiary/aromatic N) is 8. The van der Waals surface area contributed by atoms with Crippen LogP contribution in [0.15, 0.2) is 67.1 Å². The normalized spacial score (nSPS) is 13.6. The molecule has 0 spiro atoms. The van der Waals surface area contributed by atoms with Crippen molar-refractivity contribution in [3.05, 3.63) is 95.1 Å². The molecule has 1 aliphatic rings. The average molecular weight is 765 g/mol. The fourth-order valence-corrected chi connectivity index (χ4v) is 6.02. The SMILES string of the molecule is Cc1nc(-c2ncn[nH]2)ccc1-c1cnc2c(n1)N(CCCCCO[C@@](C)(COc1ccc(C#N)cc1)C(=O)Cc1ccc(C#N)c(C(F)(F)F)c1)C(=O)CN2. The van der Waals surface area contributed by atoms with Crippen molar-refractivity contribution in [3.8, 4) is 40.7 Å². The van der Waals surface area contributed by atoms with Crippen LogP contribution in [0.25, 0.3) is 22.8 Å². The lowest BCUT2D eigenvalue weighted by molar-refractivity contribution is -0.146. The molecule has 0 saturated heterocycles. The predicted molar refractivity (Wildman–Crippen MR) is 196 cm³/mol. The number of fused-ring (bicyclic) bond motifs is 1. The molecule has 3 aromatic heterocycles. The topological polar surface area (TPSA) is 196 Å². The molecule has 2 aromatic carbocycles. The summed E-state index contributed by atoms with van der Waals surface area (Å²) in [5.41, 5.74) is -0.186. The van der Waals surface area contributed by atoms with Gasteiger partial charge in [-0.2, -0.15) is 28.8 Å². The molecule has 17 heteroatoms. The third-order valence-corrected chi connectivity index (χ3v) is 9.15. The molecule has 1 atom stereocenters. The van der Waals surface area contributed by atoms with Crippen LogP contribution in [0, 0.1) is 29.6 Å². The molecule has 2 N–H and O–H groups in total. The van der Waals surface area contributed by atoms with Gasteiger partial charge in [0, 0.05) is 30.8 Å². The summed E-state index contributed by atoms with van der Waals surface area (Å²) in [6, 6.07) is 16.6. The molecule has 4 heterocycles. The Kier molecular flexibility index (Phi) is 11.7. The third kappa shape index (κ3) is 8.97. The first-order chi connectivity index (χ1) is 26.9. The van der Waals surface area contributed by atoms with Crippen molar-refractivity contribution in [2.45, 2.75) is 51.3 Å². The summed E-state index contributed by atoms with van der Waals surface area (Å²) in [4.78, 5) is 46.4. The minimum absolute atomic E-state index is 0.0556. The molecular formula is C39H35F3N10O4. The number of ether oxygens (including phenoxy) is 2. The van der Waals surface area contributed by atoms with E-state index in [2.05, 4.69) is 30.5 Å². The highest BCUT2D eigenvalue weighted by atomic mass is 19.4. The second kappa shape index (κ2) is 16.7. The number of ketones is 1. The number of anilines is 2. The smallest absolute Gasteiger partial charge is 0.417 e. The molecule has 5 aromatic rings. The summed E-state index contributed by atoms with van der Waals surface area (Å²) in [6.07, 6.45) is -0.530. The van der Waals surface area contributed by atoms with Crippen LogP contribution >= 0.6 is 0 Å². The maximum absolute atomic E-state index is 13.7. The highest BCUT2D eigenvalue weighted by Gasteiger charge is 2.37. The van der Waals surface area contributed by atoms with Gasteiger partial charge in [0.25, 0.3) is 0 Å². The molecule has 0 fully saturated rings. The first-order valence-electron chi connectivity index (χ1n) is 17.5. The van der Waals surface area contributed by atoms with Crippen LogP contribution in [0.5, 0.6) is 5.75 Å². The van der Waals surface area contributed by atoms with E-state index in [9.17, 15) is 28.0 Å². The van der Waals surface area contributed by atoms with Gasteiger partial charge < -0.3 is 14.8 Å². The number of pyridine rings is 1. The Morgan fingerprint density at radius 3 is 2.48 bits per heavy atom. The highest BCUT2D eigenvalue weighted by molar-refractivity contribution is 6.01. The minimum atomic E-state index is -4.78. The number of hydrogen-bond donors (Lipinski definition) is 2.